The van der Waals surface area contributed by atoms with Gasteiger partial charge >= 0.3 is 0 Å². The Labute approximate surface area is 152 Å². The van der Waals surface area contributed by atoms with E-state index in [4.69, 9.17) is 5.11 Å². The molecule has 25 heavy (non-hydrogen) atoms. The lowest BCUT2D eigenvalue weighted by Crippen LogP contribution is -2.45. The molecule has 0 radical (unpaired) electrons. The van der Waals surface area contributed by atoms with Crippen LogP contribution in [0.3, 0.4) is 0 Å². The molecule has 142 valence electrons. The Balaban J connectivity index is 1.45. The lowest BCUT2D eigenvalue weighted by molar-refractivity contribution is 0.103. The monoisotopic (exact) mass is 348 g/mol. The van der Waals surface area contributed by atoms with Crippen molar-refractivity contribution in [1.29, 1.82) is 0 Å². The molecule has 1 saturated heterocycles. The maximum Gasteiger partial charge on any atom is 0.0644 e. The molecule has 1 aliphatic carbocycles. The highest BCUT2D eigenvalue weighted by Gasteiger charge is 2.28. The molecule has 0 atom stereocenters. The maximum atomic E-state index is 9.14. The molecule has 1 aromatic heterocycles. The summed E-state index contributed by atoms with van der Waals surface area (Å²) in [6, 6.07) is 1.46. The fourth-order valence-electron chi connectivity index (χ4n) is 4.59. The van der Waals surface area contributed by atoms with E-state index in [0.717, 1.165) is 24.2 Å². The quantitative estimate of drug-likeness (QED) is 0.830. The van der Waals surface area contributed by atoms with Crippen LogP contribution in [0.1, 0.15) is 62.4 Å². The van der Waals surface area contributed by atoms with Gasteiger partial charge in [0.15, 0.2) is 0 Å². The molecule has 3 rings (SSSR count). The Hall–Kier alpha value is -0.910. The summed E-state index contributed by atoms with van der Waals surface area (Å²) in [6.07, 6.45) is 8.03. The van der Waals surface area contributed by atoms with Crippen LogP contribution in [0, 0.1) is 19.8 Å². The average molecular weight is 349 g/mol. The van der Waals surface area contributed by atoms with Crippen molar-refractivity contribution in [2.45, 2.75) is 84.5 Å². The van der Waals surface area contributed by atoms with Crippen LogP contribution in [-0.4, -0.2) is 51.6 Å². The molecule has 2 N–H and O–H groups in total. The molecule has 0 bridgehead atoms. The van der Waals surface area contributed by atoms with E-state index in [-0.39, 0.29) is 6.61 Å². The van der Waals surface area contributed by atoms with Gasteiger partial charge in [-0.25, -0.2) is 0 Å². The van der Waals surface area contributed by atoms with Crippen molar-refractivity contribution in [2.75, 3.05) is 19.7 Å². The summed E-state index contributed by atoms with van der Waals surface area (Å²) in [4.78, 5) is 2.75. The van der Waals surface area contributed by atoms with Gasteiger partial charge in [-0.15, -0.1) is 0 Å². The number of nitrogens with zero attached hydrogens (tertiary/aromatic N) is 3. The van der Waals surface area contributed by atoms with Crippen LogP contribution in [0.25, 0.3) is 0 Å². The first-order valence-electron chi connectivity index (χ1n) is 10.2. The van der Waals surface area contributed by atoms with Gasteiger partial charge in [0.1, 0.15) is 0 Å². The Morgan fingerprint density at radius 2 is 1.76 bits per heavy atom. The maximum absolute atomic E-state index is 9.14. The molecule has 1 saturated carbocycles. The predicted molar refractivity (Wildman–Crippen MR) is 102 cm³/mol. The average Bonchev–Trinajstić information content (AvgIpc) is 2.88. The first-order valence-corrected chi connectivity index (χ1v) is 10.2. The zero-order valence-electron chi connectivity index (χ0n) is 16.3. The smallest absolute Gasteiger partial charge is 0.0644 e. The Bertz CT molecular complexity index is 540. The van der Waals surface area contributed by atoms with Crippen molar-refractivity contribution >= 4 is 0 Å². The third-order valence-corrected chi connectivity index (χ3v) is 6.44. The van der Waals surface area contributed by atoms with Gasteiger partial charge in [-0.3, -0.25) is 4.68 Å². The van der Waals surface area contributed by atoms with E-state index >= 15 is 0 Å². The molecule has 1 aliphatic heterocycles. The second kappa shape index (κ2) is 8.65. The van der Waals surface area contributed by atoms with Gasteiger partial charge < -0.3 is 15.3 Å². The normalized spacial score (nSPS) is 26.2. The van der Waals surface area contributed by atoms with Crippen LogP contribution in [0.15, 0.2) is 0 Å². The summed E-state index contributed by atoms with van der Waals surface area (Å²) < 4.78 is 1.93. The first-order chi connectivity index (χ1) is 12.1. The molecule has 1 aromatic rings. The van der Waals surface area contributed by atoms with Crippen molar-refractivity contribution < 1.29 is 5.11 Å². The number of likely N-dealkylation sites (tertiary alicyclic amines) is 1. The zero-order chi connectivity index (χ0) is 17.8. The molecular formula is C20H36N4O. The van der Waals surface area contributed by atoms with Gasteiger partial charge in [0.2, 0.25) is 0 Å². The molecule has 0 amide bonds. The van der Waals surface area contributed by atoms with Gasteiger partial charge in [-0.2, -0.15) is 5.10 Å². The van der Waals surface area contributed by atoms with E-state index in [2.05, 4.69) is 36.1 Å². The molecule has 2 aliphatic rings. The van der Waals surface area contributed by atoms with Crippen molar-refractivity contribution in [3.63, 3.8) is 0 Å². The standard InChI is InChI=1S/C20H36N4O/c1-15-8-10-23(11-9-15)19-6-4-18(5-7-19)21-14-20-16(2)22-24(12-13-25)17(20)3/h15,18-19,21,25H,4-14H2,1-3H3. The van der Waals surface area contributed by atoms with Crippen LogP contribution >= 0.6 is 0 Å². The summed E-state index contributed by atoms with van der Waals surface area (Å²) in [5.74, 6) is 0.924. The first kappa shape index (κ1) is 18.9. The number of piperidine rings is 1. The van der Waals surface area contributed by atoms with Crippen LogP contribution < -0.4 is 5.32 Å². The third-order valence-electron chi connectivity index (χ3n) is 6.44. The highest BCUT2D eigenvalue weighted by atomic mass is 16.3. The van der Waals surface area contributed by atoms with Crippen molar-refractivity contribution in [1.82, 2.24) is 20.0 Å². The molecule has 0 aromatic carbocycles. The van der Waals surface area contributed by atoms with E-state index in [1.54, 1.807) is 0 Å². The van der Waals surface area contributed by atoms with Gasteiger partial charge in [0.05, 0.1) is 18.8 Å². The minimum atomic E-state index is 0.147. The molecular weight excluding hydrogens is 312 g/mol. The van der Waals surface area contributed by atoms with Crippen LogP contribution in [-0.2, 0) is 13.1 Å². The Morgan fingerprint density at radius 1 is 1.08 bits per heavy atom. The number of aromatic nitrogens is 2. The summed E-state index contributed by atoms with van der Waals surface area (Å²) in [7, 11) is 0. The minimum absolute atomic E-state index is 0.147. The lowest BCUT2D eigenvalue weighted by atomic mass is 9.88. The summed E-state index contributed by atoms with van der Waals surface area (Å²) in [6.45, 7) is 10.8. The van der Waals surface area contributed by atoms with Crippen molar-refractivity contribution in [2.24, 2.45) is 5.92 Å². The number of hydrogen-bond donors (Lipinski definition) is 2. The molecule has 5 heteroatoms. The van der Waals surface area contributed by atoms with Crippen LogP contribution in [0.5, 0.6) is 0 Å². The van der Waals surface area contributed by atoms with Gasteiger partial charge in [0.25, 0.3) is 0 Å². The second-order valence-corrected chi connectivity index (χ2v) is 8.20. The Kier molecular flexibility index (Phi) is 6.53. The molecule has 0 spiro atoms. The number of hydrogen-bond acceptors (Lipinski definition) is 4. The number of rotatable bonds is 6. The van der Waals surface area contributed by atoms with Crippen molar-refractivity contribution in [3.05, 3.63) is 17.0 Å². The Morgan fingerprint density at radius 3 is 2.40 bits per heavy atom. The van der Waals surface area contributed by atoms with Crippen LogP contribution in [0.4, 0.5) is 0 Å². The zero-order valence-corrected chi connectivity index (χ0v) is 16.3. The van der Waals surface area contributed by atoms with E-state index in [1.807, 2.05) is 4.68 Å². The van der Waals surface area contributed by atoms with E-state index in [0.29, 0.717) is 12.6 Å². The lowest BCUT2D eigenvalue weighted by Gasteiger charge is -2.40. The largest absolute Gasteiger partial charge is 0.394 e. The topological polar surface area (TPSA) is 53.3 Å². The van der Waals surface area contributed by atoms with E-state index in [9.17, 15) is 0 Å². The second-order valence-electron chi connectivity index (χ2n) is 8.20. The minimum Gasteiger partial charge on any atom is -0.394 e. The third kappa shape index (κ3) is 4.63. The fourth-order valence-corrected chi connectivity index (χ4v) is 4.59. The molecule has 5 nitrogen and oxygen atoms in total. The van der Waals surface area contributed by atoms with E-state index < -0.39 is 0 Å². The summed E-state index contributed by atoms with van der Waals surface area (Å²) in [5, 5.41) is 17.5. The molecule has 0 unspecified atom stereocenters. The number of aliphatic hydroxyl groups excluding tert-OH is 1. The van der Waals surface area contributed by atoms with E-state index in [1.165, 1.54) is 62.9 Å². The van der Waals surface area contributed by atoms with Crippen LogP contribution in [0.2, 0.25) is 0 Å². The SMILES string of the molecule is Cc1nn(CCO)c(C)c1CNC1CCC(N2CCC(C)CC2)CC1. The number of nitrogens with one attached hydrogen (secondary N) is 1. The number of aryl methyl sites for hydroxylation is 1. The number of aliphatic hydroxyl groups is 1. The summed E-state index contributed by atoms with van der Waals surface area (Å²) >= 11 is 0. The van der Waals surface area contributed by atoms with Gasteiger partial charge in [0, 0.05) is 29.9 Å². The molecule has 2 heterocycles. The highest BCUT2D eigenvalue weighted by Crippen LogP contribution is 2.27. The molecule has 2 fully saturated rings. The fraction of sp³-hybridized carbons (Fsp3) is 0.850. The van der Waals surface area contributed by atoms with Crippen molar-refractivity contribution in [3.8, 4) is 0 Å². The summed E-state index contributed by atoms with van der Waals surface area (Å²) in [5.41, 5.74) is 3.59. The predicted octanol–water partition coefficient (Wildman–Crippen LogP) is 2.62. The highest BCUT2D eigenvalue weighted by molar-refractivity contribution is 5.24. The van der Waals surface area contributed by atoms with Gasteiger partial charge in [-0.1, -0.05) is 6.92 Å². The van der Waals surface area contributed by atoms with Gasteiger partial charge in [-0.05, 0) is 71.4 Å².